The summed E-state index contributed by atoms with van der Waals surface area (Å²) in [7, 11) is 0. The van der Waals surface area contributed by atoms with Crippen molar-refractivity contribution in [3.8, 4) is 0 Å². The molecule has 0 saturated carbocycles. The predicted octanol–water partition coefficient (Wildman–Crippen LogP) is 5.25. The Kier molecular flexibility index (Phi) is 5.63. The van der Waals surface area contributed by atoms with Gasteiger partial charge in [-0.3, -0.25) is 9.69 Å². The molecule has 0 amide bonds. The molecule has 23 heavy (non-hydrogen) atoms. The summed E-state index contributed by atoms with van der Waals surface area (Å²) < 4.78 is 1.08. The molecule has 0 radical (unpaired) electrons. The van der Waals surface area contributed by atoms with E-state index in [1.54, 1.807) is 0 Å². The molecular weight excluding hydrogens is 350 g/mol. The van der Waals surface area contributed by atoms with Crippen molar-refractivity contribution in [3.05, 3.63) is 70.2 Å². The zero-order chi connectivity index (χ0) is 16.1. The number of Topliss-reactive ketones (excluding diaryl/α,β-unsaturated/α-hetero) is 1. The molecule has 1 heterocycles. The van der Waals surface area contributed by atoms with E-state index in [1.165, 1.54) is 24.8 Å². The van der Waals surface area contributed by atoms with Crippen LogP contribution in [0.15, 0.2) is 59.1 Å². The van der Waals surface area contributed by atoms with Crippen LogP contribution in [0.1, 0.15) is 47.6 Å². The summed E-state index contributed by atoms with van der Waals surface area (Å²) in [5, 5.41) is 0. The topological polar surface area (TPSA) is 20.3 Å². The number of nitrogens with zero attached hydrogens (tertiary/aromatic N) is 1. The number of ketones is 1. The molecule has 1 unspecified atom stereocenters. The summed E-state index contributed by atoms with van der Waals surface area (Å²) in [5.74, 6) is 0.226. The zero-order valence-corrected chi connectivity index (χ0v) is 14.8. The van der Waals surface area contributed by atoms with Crippen molar-refractivity contribution in [2.24, 2.45) is 0 Å². The maximum Gasteiger partial charge on any atom is 0.164 e. The number of rotatable bonds is 5. The standard InChI is InChI=1S/C20H22BrNO/c21-18-11-9-16(10-12-18)19(22-13-5-2-6-14-22)15-20(23)17-7-3-1-4-8-17/h1,3-4,7-12,19H,2,5-6,13-15H2. The van der Waals surface area contributed by atoms with Gasteiger partial charge in [0.2, 0.25) is 0 Å². The maximum absolute atomic E-state index is 12.7. The van der Waals surface area contributed by atoms with Crippen molar-refractivity contribution in [1.82, 2.24) is 4.90 Å². The van der Waals surface area contributed by atoms with Gasteiger partial charge in [-0.25, -0.2) is 0 Å². The second-order valence-corrected chi connectivity index (χ2v) is 7.07. The molecular formula is C20H22BrNO. The Morgan fingerprint density at radius 1 is 0.957 bits per heavy atom. The number of benzene rings is 2. The molecule has 0 aromatic heterocycles. The van der Waals surface area contributed by atoms with Crippen LogP contribution in [0.2, 0.25) is 0 Å². The normalized spacial score (nSPS) is 16.9. The number of hydrogen-bond acceptors (Lipinski definition) is 2. The Bertz CT molecular complexity index is 632. The SMILES string of the molecule is O=C(CC(c1ccc(Br)cc1)N1CCCCC1)c1ccccc1. The summed E-state index contributed by atoms with van der Waals surface area (Å²) in [6.45, 7) is 2.17. The molecule has 3 rings (SSSR count). The molecule has 0 N–H and O–H groups in total. The fraction of sp³-hybridized carbons (Fsp3) is 0.350. The van der Waals surface area contributed by atoms with Crippen molar-refractivity contribution >= 4 is 21.7 Å². The Morgan fingerprint density at radius 2 is 1.61 bits per heavy atom. The van der Waals surface area contributed by atoms with Crippen LogP contribution in [-0.4, -0.2) is 23.8 Å². The minimum Gasteiger partial charge on any atom is -0.296 e. The summed E-state index contributed by atoms with van der Waals surface area (Å²) in [4.78, 5) is 15.2. The van der Waals surface area contributed by atoms with Gasteiger partial charge in [0, 0.05) is 22.5 Å². The predicted molar refractivity (Wildman–Crippen MR) is 97.7 cm³/mol. The largest absolute Gasteiger partial charge is 0.296 e. The van der Waals surface area contributed by atoms with Gasteiger partial charge in [-0.2, -0.15) is 0 Å². The van der Waals surface area contributed by atoms with Crippen LogP contribution in [0.4, 0.5) is 0 Å². The zero-order valence-electron chi connectivity index (χ0n) is 13.2. The van der Waals surface area contributed by atoms with Crippen molar-refractivity contribution in [3.63, 3.8) is 0 Å². The third kappa shape index (κ3) is 4.30. The first-order valence-electron chi connectivity index (χ1n) is 8.32. The van der Waals surface area contributed by atoms with E-state index in [9.17, 15) is 4.79 Å². The van der Waals surface area contributed by atoms with Gasteiger partial charge in [-0.05, 0) is 43.6 Å². The van der Waals surface area contributed by atoms with E-state index in [2.05, 4.69) is 45.1 Å². The van der Waals surface area contributed by atoms with Crippen molar-refractivity contribution in [2.45, 2.75) is 31.7 Å². The lowest BCUT2D eigenvalue weighted by Gasteiger charge is -2.34. The fourth-order valence-electron chi connectivity index (χ4n) is 3.29. The number of halogens is 1. The number of likely N-dealkylation sites (tertiary alicyclic amines) is 1. The highest BCUT2D eigenvalue weighted by Crippen LogP contribution is 2.29. The summed E-state index contributed by atoms with van der Waals surface area (Å²) in [6, 6.07) is 18.2. The van der Waals surface area contributed by atoms with E-state index in [0.29, 0.717) is 6.42 Å². The van der Waals surface area contributed by atoms with Gasteiger partial charge in [0.05, 0.1) is 0 Å². The molecule has 0 aliphatic carbocycles. The Balaban J connectivity index is 1.82. The second-order valence-electron chi connectivity index (χ2n) is 6.16. The van der Waals surface area contributed by atoms with Gasteiger partial charge in [0.25, 0.3) is 0 Å². The molecule has 1 fully saturated rings. The molecule has 1 atom stereocenters. The van der Waals surface area contributed by atoms with Crippen LogP contribution in [0.25, 0.3) is 0 Å². The first-order chi connectivity index (χ1) is 11.2. The molecule has 1 aliphatic rings. The van der Waals surface area contributed by atoms with Gasteiger partial charge < -0.3 is 0 Å². The van der Waals surface area contributed by atoms with E-state index < -0.39 is 0 Å². The van der Waals surface area contributed by atoms with Crippen molar-refractivity contribution < 1.29 is 4.79 Å². The van der Waals surface area contributed by atoms with E-state index in [4.69, 9.17) is 0 Å². The molecule has 0 spiro atoms. The minimum absolute atomic E-state index is 0.177. The average Bonchev–Trinajstić information content (AvgIpc) is 2.62. The van der Waals surface area contributed by atoms with Crippen LogP contribution in [0.3, 0.4) is 0 Å². The number of hydrogen-bond donors (Lipinski definition) is 0. The highest BCUT2D eigenvalue weighted by molar-refractivity contribution is 9.10. The quantitative estimate of drug-likeness (QED) is 0.669. The van der Waals surface area contributed by atoms with Crippen LogP contribution in [0, 0.1) is 0 Å². The average molecular weight is 372 g/mol. The van der Waals surface area contributed by atoms with E-state index >= 15 is 0 Å². The summed E-state index contributed by atoms with van der Waals surface area (Å²) in [6.07, 6.45) is 4.31. The lowest BCUT2D eigenvalue weighted by atomic mass is 9.95. The molecule has 1 saturated heterocycles. The highest BCUT2D eigenvalue weighted by atomic mass is 79.9. The van der Waals surface area contributed by atoms with Crippen LogP contribution in [0.5, 0.6) is 0 Å². The smallest absolute Gasteiger partial charge is 0.164 e. The van der Waals surface area contributed by atoms with E-state index in [1.807, 2.05) is 30.3 Å². The number of carbonyl (C=O) groups is 1. The van der Waals surface area contributed by atoms with Crippen LogP contribution >= 0.6 is 15.9 Å². The third-order valence-corrected chi connectivity index (χ3v) is 5.09. The third-order valence-electron chi connectivity index (χ3n) is 4.56. The number of carbonyl (C=O) groups excluding carboxylic acids is 1. The lowest BCUT2D eigenvalue weighted by molar-refractivity contribution is 0.0895. The van der Waals surface area contributed by atoms with E-state index in [0.717, 1.165) is 23.1 Å². The highest BCUT2D eigenvalue weighted by Gasteiger charge is 2.25. The molecule has 120 valence electrons. The van der Waals surface area contributed by atoms with E-state index in [-0.39, 0.29) is 11.8 Å². The van der Waals surface area contributed by atoms with Gasteiger partial charge in [-0.1, -0.05) is 64.8 Å². The summed E-state index contributed by atoms with van der Waals surface area (Å²) >= 11 is 3.50. The van der Waals surface area contributed by atoms with Crippen LogP contribution < -0.4 is 0 Å². The number of piperidine rings is 1. The first-order valence-corrected chi connectivity index (χ1v) is 9.11. The van der Waals surface area contributed by atoms with Gasteiger partial charge in [0.1, 0.15) is 0 Å². The molecule has 0 bridgehead atoms. The van der Waals surface area contributed by atoms with Gasteiger partial charge in [-0.15, -0.1) is 0 Å². The monoisotopic (exact) mass is 371 g/mol. The Morgan fingerprint density at radius 3 is 2.26 bits per heavy atom. The summed E-state index contributed by atoms with van der Waals surface area (Å²) in [5.41, 5.74) is 2.05. The Labute approximate surface area is 146 Å². The molecule has 2 aromatic carbocycles. The molecule has 2 aromatic rings. The van der Waals surface area contributed by atoms with Gasteiger partial charge >= 0.3 is 0 Å². The second kappa shape index (κ2) is 7.89. The van der Waals surface area contributed by atoms with Gasteiger partial charge in [0.15, 0.2) is 5.78 Å². The first kappa shape index (κ1) is 16.4. The molecule has 2 nitrogen and oxygen atoms in total. The maximum atomic E-state index is 12.7. The molecule has 3 heteroatoms. The van der Waals surface area contributed by atoms with Crippen LogP contribution in [-0.2, 0) is 0 Å². The van der Waals surface area contributed by atoms with Crippen molar-refractivity contribution in [2.75, 3.05) is 13.1 Å². The fourth-order valence-corrected chi connectivity index (χ4v) is 3.55. The lowest BCUT2D eigenvalue weighted by Crippen LogP contribution is -2.35. The minimum atomic E-state index is 0.177. The Hall–Kier alpha value is -1.45. The van der Waals surface area contributed by atoms with Crippen molar-refractivity contribution in [1.29, 1.82) is 0 Å². The molecule has 1 aliphatic heterocycles.